The van der Waals surface area contributed by atoms with Gasteiger partial charge in [0.15, 0.2) is 6.61 Å². The standard InChI is InChI=1S/C15H16N4O6/c20-14(9-18-8-12(7-17-18)19(23)24)16-6-5-11-1-3-13(4-2-11)25-10-15(21)22/h1-4,7-8H,5-6,9-10H2,(H,16,20)(H,21,22). The fourth-order valence-electron chi connectivity index (χ4n) is 1.98. The molecular weight excluding hydrogens is 332 g/mol. The van der Waals surface area contributed by atoms with E-state index < -0.39 is 17.5 Å². The number of amides is 1. The van der Waals surface area contributed by atoms with Gasteiger partial charge in [-0.1, -0.05) is 12.1 Å². The van der Waals surface area contributed by atoms with Crippen LogP contribution in [0.2, 0.25) is 0 Å². The molecular formula is C15H16N4O6. The third-order valence-electron chi connectivity index (χ3n) is 3.16. The van der Waals surface area contributed by atoms with E-state index in [0.717, 1.165) is 11.8 Å². The van der Waals surface area contributed by atoms with Crippen LogP contribution in [0.3, 0.4) is 0 Å². The lowest BCUT2D eigenvalue weighted by molar-refractivity contribution is -0.385. The molecule has 0 fully saturated rings. The van der Waals surface area contributed by atoms with Crippen molar-refractivity contribution in [3.05, 3.63) is 52.3 Å². The molecule has 1 aromatic carbocycles. The summed E-state index contributed by atoms with van der Waals surface area (Å²) in [6, 6.07) is 6.87. The molecule has 0 radical (unpaired) electrons. The van der Waals surface area contributed by atoms with Crippen molar-refractivity contribution in [3.8, 4) is 5.75 Å². The smallest absolute Gasteiger partial charge is 0.341 e. The quantitative estimate of drug-likeness (QED) is 0.500. The molecule has 0 aliphatic rings. The Kier molecular flexibility index (Phi) is 6.04. The summed E-state index contributed by atoms with van der Waals surface area (Å²) in [5, 5.41) is 25.5. The number of nitro groups is 1. The molecule has 10 nitrogen and oxygen atoms in total. The van der Waals surface area contributed by atoms with Gasteiger partial charge in [-0.2, -0.15) is 5.10 Å². The highest BCUT2D eigenvalue weighted by Crippen LogP contribution is 2.12. The number of ether oxygens (including phenoxy) is 1. The van der Waals surface area contributed by atoms with Crippen LogP contribution in [0, 0.1) is 10.1 Å². The highest BCUT2D eigenvalue weighted by Gasteiger charge is 2.10. The zero-order valence-corrected chi connectivity index (χ0v) is 13.1. The number of rotatable bonds is 9. The van der Waals surface area contributed by atoms with Gasteiger partial charge in [-0.05, 0) is 24.1 Å². The maximum absolute atomic E-state index is 11.8. The molecule has 2 N–H and O–H groups in total. The van der Waals surface area contributed by atoms with Crippen LogP contribution in [0.1, 0.15) is 5.56 Å². The number of hydrogen-bond acceptors (Lipinski definition) is 6. The van der Waals surface area contributed by atoms with Crippen molar-refractivity contribution < 1.29 is 24.4 Å². The molecule has 0 unspecified atom stereocenters. The van der Waals surface area contributed by atoms with Crippen LogP contribution >= 0.6 is 0 Å². The van der Waals surface area contributed by atoms with Gasteiger partial charge < -0.3 is 15.2 Å². The maximum Gasteiger partial charge on any atom is 0.341 e. The number of aromatic nitrogens is 2. The van der Waals surface area contributed by atoms with Gasteiger partial charge in [0, 0.05) is 6.54 Å². The first-order chi connectivity index (χ1) is 11.9. The van der Waals surface area contributed by atoms with Crippen LogP contribution in [-0.4, -0.2) is 44.8 Å². The lowest BCUT2D eigenvalue weighted by Crippen LogP contribution is -2.29. The van der Waals surface area contributed by atoms with Gasteiger partial charge in [0.25, 0.3) is 0 Å². The van der Waals surface area contributed by atoms with Gasteiger partial charge in [-0.25, -0.2) is 4.79 Å². The zero-order chi connectivity index (χ0) is 18.2. The predicted molar refractivity (Wildman–Crippen MR) is 85.2 cm³/mol. The van der Waals surface area contributed by atoms with Crippen molar-refractivity contribution in [2.75, 3.05) is 13.2 Å². The molecule has 0 saturated carbocycles. The van der Waals surface area contributed by atoms with Crippen molar-refractivity contribution in [2.45, 2.75) is 13.0 Å². The number of carbonyl (C=O) groups is 2. The molecule has 0 aliphatic carbocycles. The Morgan fingerprint density at radius 2 is 2.04 bits per heavy atom. The molecule has 1 amide bonds. The van der Waals surface area contributed by atoms with Gasteiger partial charge in [0.1, 0.15) is 24.7 Å². The highest BCUT2D eigenvalue weighted by atomic mass is 16.6. The molecule has 1 heterocycles. The summed E-state index contributed by atoms with van der Waals surface area (Å²) in [4.78, 5) is 32.1. The lowest BCUT2D eigenvalue weighted by atomic mass is 10.1. The average molecular weight is 348 g/mol. The highest BCUT2D eigenvalue weighted by molar-refractivity contribution is 5.75. The molecule has 0 aliphatic heterocycles. The van der Waals surface area contributed by atoms with E-state index in [1.165, 1.54) is 10.9 Å². The van der Waals surface area contributed by atoms with E-state index in [1.807, 2.05) is 0 Å². The van der Waals surface area contributed by atoms with Crippen LogP contribution in [-0.2, 0) is 22.6 Å². The summed E-state index contributed by atoms with van der Waals surface area (Å²) in [5.41, 5.74) is 0.774. The Bertz CT molecular complexity index is 756. The third-order valence-corrected chi connectivity index (χ3v) is 3.16. The molecule has 2 aromatic rings. The summed E-state index contributed by atoms with van der Waals surface area (Å²) in [6.45, 7) is -0.117. The van der Waals surface area contributed by atoms with Crippen LogP contribution in [0.4, 0.5) is 5.69 Å². The second kappa shape index (κ2) is 8.43. The van der Waals surface area contributed by atoms with Crippen molar-refractivity contribution in [2.24, 2.45) is 0 Å². The Hall–Kier alpha value is -3.43. The third kappa shape index (κ3) is 5.94. The topological polar surface area (TPSA) is 137 Å². The van der Waals surface area contributed by atoms with Gasteiger partial charge in [-0.15, -0.1) is 0 Å². The molecule has 0 atom stereocenters. The van der Waals surface area contributed by atoms with E-state index in [2.05, 4.69) is 10.4 Å². The van der Waals surface area contributed by atoms with E-state index in [0.29, 0.717) is 18.7 Å². The van der Waals surface area contributed by atoms with Gasteiger partial charge in [0.2, 0.25) is 5.91 Å². The second-order valence-electron chi connectivity index (χ2n) is 5.08. The Labute approximate surface area is 142 Å². The van der Waals surface area contributed by atoms with E-state index in [4.69, 9.17) is 9.84 Å². The molecule has 132 valence electrons. The second-order valence-corrected chi connectivity index (χ2v) is 5.08. The van der Waals surface area contributed by atoms with Crippen molar-refractivity contribution in [1.29, 1.82) is 0 Å². The minimum absolute atomic E-state index is 0.101. The summed E-state index contributed by atoms with van der Waals surface area (Å²) in [7, 11) is 0. The molecule has 0 saturated heterocycles. The number of nitrogens with one attached hydrogen (secondary N) is 1. The van der Waals surface area contributed by atoms with E-state index in [-0.39, 0.29) is 18.1 Å². The molecule has 1 aromatic heterocycles. The summed E-state index contributed by atoms with van der Waals surface area (Å²) < 4.78 is 6.22. The summed E-state index contributed by atoms with van der Waals surface area (Å²) in [5.74, 6) is -0.899. The average Bonchev–Trinajstić information content (AvgIpc) is 3.03. The number of carboxylic acid groups (broad SMARTS) is 1. The fourth-order valence-corrected chi connectivity index (χ4v) is 1.98. The first-order valence-corrected chi connectivity index (χ1v) is 7.31. The Morgan fingerprint density at radius 3 is 2.64 bits per heavy atom. The van der Waals surface area contributed by atoms with E-state index >= 15 is 0 Å². The largest absolute Gasteiger partial charge is 0.482 e. The van der Waals surface area contributed by atoms with Crippen LogP contribution in [0.25, 0.3) is 0 Å². The van der Waals surface area contributed by atoms with Crippen LogP contribution < -0.4 is 10.1 Å². The first-order valence-electron chi connectivity index (χ1n) is 7.31. The fraction of sp³-hybridized carbons (Fsp3) is 0.267. The summed E-state index contributed by atoms with van der Waals surface area (Å²) >= 11 is 0. The number of aliphatic carboxylic acids is 1. The number of nitrogens with zero attached hydrogens (tertiary/aromatic N) is 3. The molecule has 0 spiro atoms. The number of carboxylic acids is 1. The SMILES string of the molecule is O=C(O)COc1ccc(CCNC(=O)Cn2cc([N+](=O)[O-])cn2)cc1. The van der Waals surface area contributed by atoms with Crippen molar-refractivity contribution in [1.82, 2.24) is 15.1 Å². The number of carbonyl (C=O) groups excluding carboxylic acids is 1. The maximum atomic E-state index is 11.8. The van der Waals surface area contributed by atoms with Crippen molar-refractivity contribution >= 4 is 17.6 Å². The van der Waals surface area contributed by atoms with Gasteiger partial charge in [0.05, 0.1) is 4.92 Å². The minimum Gasteiger partial charge on any atom is -0.482 e. The molecule has 25 heavy (non-hydrogen) atoms. The number of benzene rings is 1. The summed E-state index contributed by atoms with van der Waals surface area (Å²) in [6.07, 6.45) is 2.85. The Morgan fingerprint density at radius 1 is 1.32 bits per heavy atom. The van der Waals surface area contributed by atoms with Crippen LogP contribution in [0.5, 0.6) is 5.75 Å². The van der Waals surface area contributed by atoms with Crippen LogP contribution in [0.15, 0.2) is 36.7 Å². The zero-order valence-electron chi connectivity index (χ0n) is 13.1. The minimum atomic E-state index is -1.05. The van der Waals surface area contributed by atoms with E-state index in [9.17, 15) is 19.7 Å². The monoisotopic (exact) mass is 348 g/mol. The number of hydrogen-bond donors (Lipinski definition) is 2. The first kappa shape index (κ1) is 17.9. The van der Waals surface area contributed by atoms with Gasteiger partial charge in [-0.3, -0.25) is 19.6 Å². The van der Waals surface area contributed by atoms with Gasteiger partial charge >= 0.3 is 11.7 Å². The van der Waals surface area contributed by atoms with E-state index in [1.54, 1.807) is 24.3 Å². The molecule has 0 bridgehead atoms. The molecule has 2 rings (SSSR count). The lowest BCUT2D eigenvalue weighted by Gasteiger charge is -2.07. The predicted octanol–water partition coefficient (Wildman–Crippen LogP) is 0.614. The Balaban J connectivity index is 1.73. The normalized spacial score (nSPS) is 10.2. The molecule has 10 heteroatoms. The van der Waals surface area contributed by atoms with Crippen molar-refractivity contribution in [3.63, 3.8) is 0 Å².